The summed E-state index contributed by atoms with van der Waals surface area (Å²) >= 11 is 6.09. The monoisotopic (exact) mass is 483 g/mol. The molecule has 0 radical (unpaired) electrons. The second kappa shape index (κ2) is 10.3. The number of morpholine rings is 1. The number of rotatable bonds is 7. The highest BCUT2D eigenvalue weighted by Gasteiger charge is 2.28. The Balaban J connectivity index is 1.74. The van der Waals surface area contributed by atoms with Gasteiger partial charge in [0, 0.05) is 35.9 Å². The fourth-order valence-corrected chi connectivity index (χ4v) is 5.28. The molecule has 3 rings (SSSR count). The van der Waals surface area contributed by atoms with Crippen molar-refractivity contribution in [2.45, 2.75) is 31.3 Å². The Labute approximate surface area is 193 Å². The number of aryl methyl sites for hydroxylation is 1. The first-order valence-electron chi connectivity index (χ1n) is 10.2. The van der Waals surface area contributed by atoms with Gasteiger partial charge in [-0.1, -0.05) is 23.7 Å². The van der Waals surface area contributed by atoms with E-state index in [1.54, 1.807) is 44.0 Å². The number of carbonyl (C=O) groups is 1. The molecule has 1 N–H and O–H groups in total. The van der Waals surface area contributed by atoms with E-state index in [4.69, 9.17) is 16.3 Å². The first-order valence-corrected chi connectivity index (χ1v) is 12.1. The van der Waals surface area contributed by atoms with Crippen LogP contribution in [-0.2, 0) is 26.1 Å². The molecule has 174 valence electrons. The Hall–Kier alpha value is -2.04. The van der Waals surface area contributed by atoms with Crippen molar-refractivity contribution in [2.24, 2.45) is 0 Å². The molecule has 0 aliphatic carbocycles. The summed E-state index contributed by atoms with van der Waals surface area (Å²) in [5, 5.41) is 3.06. The van der Waals surface area contributed by atoms with Crippen molar-refractivity contribution in [3.8, 4) is 0 Å². The topological polar surface area (TPSA) is 79.0 Å². The minimum absolute atomic E-state index is 0.144. The van der Waals surface area contributed by atoms with E-state index >= 15 is 0 Å². The summed E-state index contributed by atoms with van der Waals surface area (Å²) in [5.74, 6) is -0.785. The molecule has 7 nitrogen and oxygen atoms in total. The van der Waals surface area contributed by atoms with Gasteiger partial charge in [-0.2, -0.15) is 4.31 Å². The van der Waals surface area contributed by atoms with Gasteiger partial charge in [-0.25, -0.2) is 12.8 Å². The molecule has 1 atom stereocenters. The van der Waals surface area contributed by atoms with Crippen molar-refractivity contribution >= 4 is 33.2 Å². The van der Waals surface area contributed by atoms with Gasteiger partial charge in [0.2, 0.25) is 15.9 Å². The average molecular weight is 484 g/mol. The zero-order chi connectivity index (χ0) is 23.5. The van der Waals surface area contributed by atoms with Crippen LogP contribution in [-0.4, -0.2) is 62.9 Å². The van der Waals surface area contributed by atoms with Gasteiger partial charge in [0.15, 0.2) is 0 Å². The number of hydrogen-bond donors (Lipinski definition) is 1. The lowest BCUT2D eigenvalue weighted by molar-refractivity contribution is -0.120. The van der Waals surface area contributed by atoms with Crippen molar-refractivity contribution < 1.29 is 22.3 Å². The third-order valence-corrected chi connectivity index (χ3v) is 7.95. The quantitative estimate of drug-likeness (QED) is 0.654. The van der Waals surface area contributed by atoms with Crippen molar-refractivity contribution in [3.63, 3.8) is 0 Å². The highest BCUT2D eigenvalue weighted by Crippen LogP contribution is 2.25. The molecule has 1 heterocycles. The molecule has 0 bridgehead atoms. The molecule has 2 aromatic rings. The number of nitrogens with one attached hydrogen (secondary N) is 1. The van der Waals surface area contributed by atoms with Crippen LogP contribution >= 0.6 is 11.6 Å². The lowest BCUT2D eigenvalue weighted by Gasteiger charge is -2.27. The Morgan fingerprint density at radius 2 is 1.97 bits per heavy atom. The van der Waals surface area contributed by atoms with Gasteiger partial charge >= 0.3 is 0 Å². The van der Waals surface area contributed by atoms with Crippen LogP contribution in [0.15, 0.2) is 41.3 Å². The van der Waals surface area contributed by atoms with Crippen LogP contribution < -0.4 is 5.32 Å². The van der Waals surface area contributed by atoms with E-state index in [-0.39, 0.29) is 17.3 Å². The summed E-state index contributed by atoms with van der Waals surface area (Å²) in [7, 11) is -2.01. The lowest BCUT2D eigenvalue weighted by Crippen LogP contribution is -2.41. The number of halogens is 2. The number of amides is 1. The second-order valence-electron chi connectivity index (χ2n) is 7.78. The normalized spacial score (nSPS) is 16.2. The molecular weight excluding hydrogens is 457 g/mol. The van der Waals surface area contributed by atoms with Gasteiger partial charge in [0.25, 0.3) is 0 Å². The number of likely N-dealkylation sites (N-methyl/N-ethyl adjacent to an activating group) is 1. The van der Waals surface area contributed by atoms with E-state index < -0.39 is 21.9 Å². The largest absolute Gasteiger partial charge is 0.379 e. The molecule has 1 aliphatic heterocycles. The predicted molar refractivity (Wildman–Crippen MR) is 122 cm³/mol. The van der Waals surface area contributed by atoms with Gasteiger partial charge < -0.3 is 10.1 Å². The zero-order valence-corrected chi connectivity index (χ0v) is 19.8. The van der Waals surface area contributed by atoms with E-state index in [1.807, 2.05) is 0 Å². The Morgan fingerprint density at radius 1 is 1.28 bits per heavy atom. The summed E-state index contributed by atoms with van der Waals surface area (Å²) in [6, 6.07) is 8.62. The Kier molecular flexibility index (Phi) is 7.89. The molecule has 0 saturated carbocycles. The van der Waals surface area contributed by atoms with Gasteiger partial charge in [0.1, 0.15) is 5.82 Å². The number of carbonyl (C=O) groups excluding carboxylic acids is 1. The fourth-order valence-electron chi connectivity index (χ4n) is 3.40. The van der Waals surface area contributed by atoms with Crippen LogP contribution in [0.3, 0.4) is 0 Å². The number of sulfonamides is 1. The maximum Gasteiger partial charge on any atom is 0.243 e. The van der Waals surface area contributed by atoms with E-state index in [2.05, 4.69) is 5.32 Å². The molecule has 1 unspecified atom stereocenters. The van der Waals surface area contributed by atoms with Gasteiger partial charge in [-0.3, -0.25) is 9.69 Å². The van der Waals surface area contributed by atoms with Crippen molar-refractivity contribution in [2.75, 3.05) is 38.7 Å². The predicted octanol–water partition coefficient (Wildman–Crippen LogP) is 3.27. The Bertz CT molecular complexity index is 1070. The first kappa shape index (κ1) is 24.6. The second-order valence-corrected chi connectivity index (χ2v) is 10.1. The van der Waals surface area contributed by atoms with E-state index in [9.17, 15) is 17.6 Å². The third-order valence-electron chi connectivity index (χ3n) is 5.55. The molecule has 1 saturated heterocycles. The fraction of sp³-hybridized carbons (Fsp3) is 0.409. The number of benzene rings is 2. The maximum absolute atomic E-state index is 14.1. The van der Waals surface area contributed by atoms with Crippen LogP contribution in [0.4, 0.5) is 10.1 Å². The van der Waals surface area contributed by atoms with Crippen molar-refractivity contribution in [1.29, 1.82) is 0 Å². The van der Waals surface area contributed by atoms with Crippen molar-refractivity contribution in [3.05, 3.63) is 58.4 Å². The molecule has 1 amide bonds. The minimum atomic E-state index is -3.70. The summed E-state index contributed by atoms with van der Waals surface area (Å²) in [6.45, 7) is 4.83. The molecule has 1 fully saturated rings. The standard InChI is InChI=1S/C22H27ClFN3O4S/c1-15-7-8-17(13-21(15)32(29,30)27-9-11-31-12-10-27)25-22(28)16(2)26(3)14-18-19(23)5-4-6-20(18)24/h4-8,13,16H,9-12,14H2,1-3H3,(H,25,28). The van der Waals surface area contributed by atoms with Crippen LogP contribution in [0.5, 0.6) is 0 Å². The SMILES string of the molecule is Cc1ccc(NC(=O)C(C)N(C)Cc2c(F)cccc2Cl)cc1S(=O)(=O)N1CCOCC1. The zero-order valence-electron chi connectivity index (χ0n) is 18.3. The number of hydrogen-bond acceptors (Lipinski definition) is 5. The summed E-state index contributed by atoms with van der Waals surface area (Å²) in [5.41, 5.74) is 1.27. The first-order chi connectivity index (χ1) is 15.1. The van der Waals surface area contributed by atoms with E-state index in [0.29, 0.717) is 48.1 Å². The van der Waals surface area contributed by atoms with Crippen molar-refractivity contribution in [1.82, 2.24) is 9.21 Å². The number of nitrogens with zero attached hydrogens (tertiary/aromatic N) is 2. The molecule has 0 aromatic heterocycles. The summed E-state index contributed by atoms with van der Waals surface area (Å²) in [4.78, 5) is 14.6. The third kappa shape index (κ3) is 5.47. The van der Waals surface area contributed by atoms with Gasteiger partial charge in [-0.05, 0) is 50.7 Å². The molecular formula is C22H27ClFN3O4S. The van der Waals surface area contributed by atoms with Gasteiger partial charge in [0.05, 0.1) is 24.2 Å². The van der Waals surface area contributed by atoms with Crippen LogP contribution in [0.1, 0.15) is 18.1 Å². The summed E-state index contributed by atoms with van der Waals surface area (Å²) in [6.07, 6.45) is 0. The van der Waals surface area contributed by atoms with Crippen LogP contribution in [0, 0.1) is 12.7 Å². The van der Waals surface area contributed by atoms with Gasteiger partial charge in [-0.15, -0.1) is 0 Å². The van der Waals surface area contributed by atoms with E-state index in [1.165, 1.54) is 22.5 Å². The lowest BCUT2D eigenvalue weighted by atomic mass is 10.1. The molecule has 0 spiro atoms. The molecule has 10 heteroatoms. The molecule has 1 aliphatic rings. The summed E-state index contributed by atoms with van der Waals surface area (Å²) < 4.78 is 46.8. The Morgan fingerprint density at radius 3 is 2.62 bits per heavy atom. The smallest absolute Gasteiger partial charge is 0.243 e. The number of ether oxygens (including phenoxy) is 1. The maximum atomic E-state index is 14.1. The highest BCUT2D eigenvalue weighted by atomic mass is 35.5. The van der Waals surface area contributed by atoms with Crippen LogP contribution in [0.25, 0.3) is 0 Å². The average Bonchev–Trinajstić information content (AvgIpc) is 2.77. The molecule has 32 heavy (non-hydrogen) atoms. The van der Waals surface area contributed by atoms with E-state index in [0.717, 1.165) is 0 Å². The van der Waals surface area contributed by atoms with Crippen LogP contribution in [0.2, 0.25) is 5.02 Å². The minimum Gasteiger partial charge on any atom is -0.379 e. The molecule has 2 aromatic carbocycles. The highest BCUT2D eigenvalue weighted by molar-refractivity contribution is 7.89. The number of anilines is 1.